The molecule has 194 valence electrons. The molecular formula is C33H30N4O2. The van der Waals surface area contributed by atoms with Crippen molar-refractivity contribution in [2.75, 3.05) is 18.5 Å². The predicted octanol–water partition coefficient (Wildman–Crippen LogP) is 6.53. The van der Waals surface area contributed by atoms with Crippen LogP contribution >= 0.6 is 0 Å². The monoisotopic (exact) mass is 514 g/mol. The van der Waals surface area contributed by atoms with Crippen LogP contribution in [0.4, 0.5) is 5.69 Å². The van der Waals surface area contributed by atoms with Gasteiger partial charge in [0, 0.05) is 52.4 Å². The number of carbonyl (C=O) groups is 1. The average molecular weight is 515 g/mol. The number of aliphatic hydroxyl groups excluding tert-OH is 1. The van der Waals surface area contributed by atoms with Gasteiger partial charge in [-0.05, 0) is 60.4 Å². The van der Waals surface area contributed by atoms with E-state index in [2.05, 4.69) is 58.4 Å². The van der Waals surface area contributed by atoms with Crippen molar-refractivity contribution in [3.63, 3.8) is 0 Å². The fraction of sp³-hybridized carbons (Fsp3) is 0.152. The van der Waals surface area contributed by atoms with Crippen LogP contribution in [-0.4, -0.2) is 33.7 Å². The smallest absolute Gasteiger partial charge is 0.250 e. The highest BCUT2D eigenvalue weighted by molar-refractivity contribution is 6.16. The van der Waals surface area contributed by atoms with E-state index in [1.165, 1.54) is 0 Å². The molecule has 0 aliphatic heterocycles. The number of benzene rings is 4. The number of aliphatic hydroxyl groups is 1. The molecule has 0 bridgehead atoms. The van der Waals surface area contributed by atoms with Crippen molar-refractivity contribution in [2.45, 2.75) is 13.3 Å². The first-order valence-electron chi connectivity index (χ1n) is 13.2. The fourth-order valence-corrected chi connectivity index (χ4v) is 5.33. The maximum Gasteiger partial charge on any atom is 0.250 e. The van der Waals surface area contributed by atoms with Crippen LogP contribution < -0.4 is 11.1 Å². The van der Waals surface area contributed by atoms with Gasteiger partial charge in [-0.15, -0.1) is 0 Å². The lowest BCUT2D eigenvalue weighted by Gasteiger charge is -2.15. The lowest BCUT2D eigenvalue weighted by molar-refractivity contribution is 0.100. The summed E-state index contributed by atoms with van der Waals surface area (Å²) in [4.78, 5) is 16.9. The Kier molecular flexibility index (Phi) is 6.47. The Morgan fingerprint density at radius 1 is 0.974 bits per heavy atom. The number of pyridine rings is 1. The van der Waals surface area contributed by atoms with Gasteiger partial charge in [0.15, 0.2) is 0 Å². The van der Waals surface area contributed by atoms with Crippen molar-refractivity contribution in [3.05, 3.63) is 103 Å². The summed E-state index contributed by atoms with van der Waals surface area (Å²) in [5, 5.41) is 16.2. The third-order valence-corrected chi connectivity index (χ3v) is 7.39. The molecule has 2 heterocycles. The van der Waals surface area contributed by atoms with Gasteiger partial charge >= 0.3 is 0 Å². The van der Waals surface area contributed by atoms with E-state index in [-0.39, 0.29) is 12.5 Å². The second kappa shape index (κ2) is 10.2. The number of nitrogens with zero attached hydrogens (tertiary/aromatic N) is 2. The normalized spacial score (nSPS) is 12.3. The van der Waals surface area contributed by atoms with Gasteiger partial charge in [0.25, 0.3) is 5.91 Å². The molecule has 0 saturated heterocycles. The lowest BCUT2D eigenvalue weighted by atomic mass is 9.99. The van der Waals surface area contributed by atoms with Gasteiger partial charge in [-0.1, -0.05) is 55.5 Å². The van der Waals surface area contributed by atoms with E-state index in [1.807, 2.05) is 49.5 Å². The Balaban J connectivity index is 1.54. The second-order valence-corrected chi connectivity index (χ2v) is 10.1. The van der Waals surface area contributed by atoms with Crippen molar-refractivity contribution in [1.82, 2.24) is 9.55 Å². The summed E-state index contributed by atoms with van der Waals surface area (Å²) in [6.45, 7) is 2.74. The molecule has 39 heavy (non-hydrogen) atoms. The molecule has 1 amide bonds. The zero-order chi connectivity index (χ0) is 26.9. The van der Waals surface area contributed by atoms with Gasteiger partial charge in [-0.2, -0.15) is 0 Å². The van der Waals surface area contributed by atoms with Gasteiger partial charge in [0.1, 0.15) is 0 Å². The van der Waals surface area contributed by atoms with E-state index in [9.17, 15) is 9.90 Å². The zero-order valence-corrected chi connectivity index (χ0v) is 21.8. The van der Waals surface area contributed by atoms with Crippen molar-refractivity contribution in [2.24, 2.45) is 11.7 Å². The molecule has 0 radical (unpaired) electrons. The number of hydrogen-bond donors (Lipinski definition) is 3. The van der Waals surface area contributed by atoms with E-state index >= 15 is 0 Å². The van der Waals surface area contributed by atoms with Gasteiger partial charge in [-0.3, -0.25) is 9.78 Å². The zero-order valence-electron chi connectivity index (χ0n) is 21.8. The number of para-hydroxylation sites is 2. The third kappa shape index (κ3) is 4.49. The van der Waals surface area contributed by atoms with Gasteiger partial charge in [0.2, 0.25) is 0 Å². The Bertz CT molecular complexity index is 1840. The van der Waals surface area contributed by atoms with E-state index in [4.69, 9.17) is 10.7 Å². The Hall–Kier alpha value is -4.68. The molecule has 2 aromatic heterocycles. The van der Waals surface area contributed by atoms with Crippen LogP contribution in [0.1, 0.15) is 23.7 Å². The van der Waals surface area contributed by atoms with E-state index < -0.39 is 5.91 Å². The summed E-state index contributed by atoms with van der Waals surface area (Å²) in [6, 6.07) is 30.8. The molecule has 6 heteroatoms. The quantitative estimate of drug-likeness (QED) is 0.215. The maximum absolute atomic E-state index is 12.2. The Morgan fingerprint density at radius 3 is 2.62 bits per heavy atom. The molecule has 0 aliphatic carbocycles. The molecule has 6 aromatic rings. The summed E-state index contributed by atoms with van der Waals surface area (Å²) in [5.74, 6) is -0.314. The molecule has 0 aliphatic rings. The lowest BCUT2D eigenvalue weighted by Crippen LogP contribution is -2.16. The van der Waals surface area contributed by atoms with Crippen LogP contribution in [0.5, 0.6) is 0 Å². The first-order valence-corrected chi connectivity index (χ1v) is 13.2. The molecule has 4 N–H and O–H groups in total. The van der Waals surface area contributed by atoms with Gasteiger partial charge in [0.05, 0.1) is 22.1 Å². The third-order valence-electron chi connectivity index (χ3n) is 7.39. The largest absolute Gasteiger partial charge is 0.396 e. The number of amides is 1. The molecule has 0 saturated carbocycles. The number of anilines is 1. The SMILES string of the molecule is C[C@@H](CO)CCNc1cc(-n2c3ccccc3c3c(-c4cnc5ccccc5c4)cccc32)ccc1C(N)=O. The standard InChI is InChI=1S/C33H30N4O2/c1-21(20-38)15-16-35-29-18-24(13-14-26(29)33(34)39)37-30-11-5-3-8-27(30)32-25(9-6-12-31(32)37)23-17-22-7-2-4-10-28(22)36-19-23/h2-14,17-19,21,35,38H,15-16,20H2,1H3,(H2,34,39)/t21-/m1/s1. The fourth-order valence-electron chi connectivity index (χ4n) is 5.33. The highest BCUT2D eigenvalue weighted by Gasteiger charge is 2.18. The van der Waals surface area contributed by atoms with Crippen molar-refractivity contribution >= 4 is 44.3 Å². The Labute approximate surface area is 226 Å². The number of nitrogens with one attached hydrogen (secondary N) is 1. The molecule has 4 aromatic carbocycles. The van der Waals surface area contributed by atoms with Crippen molar-refractivity contribution in [1.29, 1.82) is 0 Å². The highest BCUT2D eigenvalue weighted by Crippen LogP contribution is 2.39. The summed E-state index contributed by atoms with van der Waals surface area (Å²) in [6.07, 6.45) is 2.72. The Morgan fingerprint density at radius 2 is 1.77 bits per heavy atom. The molecule has 0 fully saturated rings. The molecule has 6 rings (SSSR count). The first-order chi connectivity index (χ1) is 19.0. The molecule has 6 nitrogen and oxygen atoms in total. The number of hydrogen-bond acceptors (Lipinski definition) is 4. The number of aromatic nitrogens is 2. The van der Waals surface area contributed by atoms with Crippen molar-refractivity contribution < 1.29 is 9.90 Å². The van der Waals surface area contributed by atoms with E-state index in [0.29, 0.717) is 17.8 Å². The molecule has 0 spiro atoms. The minimum Gasteiger partial charge on any atom is -0.396 e. The molecule has 1 atom stereocenters. The topological polar surface area (TPSA) is 93.2 Å². The van der Waals surface area contributed by atoms with Gasteiger partial charge in [-0.25, -0.2) is 0 Å². The minimum absolute atomic E-state index is 0.126. The van der Waals surface area contributed by atoms with Crippen LogP contribution in [0, 0.1) is 5.92 Å². The highest BCUT2D eigenvalue weighted by atomic mass is 16.3. The number of carbonyl (C=O) groups excluding carboxylic acids is 1. The maximum atomic E-state index is 12.2. The summed E-state index contributed by atoms with van der Waals surface area (Å²) in [5.41, 5.74) is 13.1. The number of primary amides is 1. The molecule has 0 unspecified atom stereocenters. The predicted molar refractivity (Wildman–Crippen MR) is 159 cm³/mol. The van der Waals surface area contributed by atoms with Crippen LogP contribution in [0.15, 0.2) is 97.2 Å². The number of nitrogens with two attached hydrogens (primary N) is 1. The van der Waals surface area contributed by atoms with Crippen molar-refractivity contribution in [3.8, 4) is 16.8 Å². The minimum atomic E-state index is -0.479. The van der Waals surface area contributed by atoms with Crippen LogP contribution in [0.3, 0.4) is 0 Å². The molecular weight excluding hydrogens is 484 g/mol. The van der Waals surface area contributed by atoms with E-state index in [1.54, 1.807) is 6.07 Å². The number of rotatable bonds is 8. The second-order valence-electron chi connectivity index (χ2n) is 10.1. The van der Waals surface area contributed by atoms with Crippen LogP contribution in [0.25, 0.3) is 49.5 Å². The van der Waals surface area contributed by atoms with Crippen LogP contribution in [0.2, 0.25) is 0 Å². The summed E-state index contributed by atoms with van der Waals surface area (Å²) < 4.78 is 2.23. The first kappa shape index (κ1) is 24.6. The summed E-state index contributed by atoms with van der Waals surface area (Å²) in [7, 11) is 0. The number of fused-ring (bicyclic) bond motifs is 4. The van der Waals surface area contributed by atoms with E-state index in [0.717, 1.165) is 55.9 Å². The summed E-state index contributed by atoms with van der Waals surface area (Å²) >= 11 is 0. The average Bonchev–Trinajstić information content (AvgIpc) is 3.31. The van der Waals surface area contributed by atoms with Gasteiger partial charge < -0.3 is 20.7 Å². The van der Waals surface area contributed by atoms with Crippen LogP contribution in [-0.2, 0) is 0 Å².